The van der Waals surface area contributed by atoms with Gasteiger partial charge in [0.25, 0.3) is 0 Å². The molecule has 0 spiro atoms. The number of benzene rings is 1. The quantitative estimate of drug-likeness (QED) is 0.907. The Balaban J connectivity index is 1.93. The Hall–Kier alpha value is -0.570. The summed E-state index contributed by atoms with van der Waals surface area (Å²) in [6.07, 6.45) is 2.12. The Kier molecular flexibility index (Phi) is 3.13. The molecule has 3 rings (SSSR count). The summed E-state index contributed by atoms with van der Waals surface area (Å²) < 4.78 is 6.02. The molecule has 1 N–H and O–H groups in total. The highest BCUT2D eigenvalue weighted by atomic mass is 35.5. The molecule has 18 heavy (non-hydrogen) atoms. The van der Waals surface area contributed by atoms with Crippen molar-refractivity contribution >= 4 is 11.6 Å². The molecule has 0 aromatic heterocycles. The van der Waals surface area contributed by atoms with E-state index in [1.807, 2.05) is 6.07 Å². The predicted molar refractivity (Wildman–Crippen MR) is 74.0 cm³/mol. The van der Waals surface area contributed by atoms with E-state index in [1.54, 1.807) is 0 Å². The lowest BCUT2D eigenvalue weighted by atomic mass is 9.90. The Morgan fingerprint density at radius 2 is 2.33 bits per heavy atom. The molecule has 2 aliphatic heterocycles. The molecule has 0 amide bonds. The fraction of sp³-hybridized carbons (Fsp3) is 0.600. The highest BCUT2D eigenvalue weighted by Gasteiger charge is 2.47. The van der Waals surface area contributed by atoms with Crippen molar-refractivity contribution in [1.29, 1.82) is 0 Å². The zero-order chi connectivity index (χ0) is 12.8. The number of fused-ring (bicyclic) bond motifs is 2. The summed E-state index contributed by atoms with van der Waals surface area (Å²) in [6, 6.07) is 6.94. The normalized spacial score (nSPS) is 30.3. The van der Waals surface area contributed by atoms with Crippen LogP contribution in [-0.4, -0.2) is 19.2 Å². The molecular formula is C15H20ClNO. The van der Waals surface area contributed by atoms with E-state index in [2.05, 4.69) is 31.3 Å². The van der Waals surface area contributed by atoms with Crippen LogP contribution in [0.15, 0.2) is 18.2 Å². The van der Waals surface area contributed by atoms with Gasteiger partial charge in [0, 0.05) is 17.6 Å². The number of morpholine rings is 1. The summed E-state index contributed by atoms with van der Waals surface area (Å²) in [5, 5.41) is 4.39. The molecule has 2 saturated heterocycles. The molecule has 1 aromatic carbocycles. The van der Waals surface area contributed by atoms with E-state index in [0.29, 0.717) is 12.0 Å². The topological polar surface area (TPSA) is 21.3 Å². The lowest BCUT2D eigenvalue weighted by Gasteiger charge is -2.28. The highest BCUT2D eigenvalue weighted by Crippen LogP contribution is 2.41. The summed E-state index contributed by atoms with van der Waals surface area (Å²) in [4.78, 5) is 0. The summed E-state index contributed by atoms with van der Waals surface area (Å²) in [5.41, 5.74) is 2.44. The monoisotopic (exact) mass is 265 g/mol. The second-order valence-electron chi connectivity index (χ2n) is 5.99. The van der Waals surface area contributed by atoms with Crippen LogP contribution in [0.3, 0.4) is 0 Å². The molecule has 2 atom stereocenters. The van der Waals surface area contributed by atoms with Gasteiger partial charge in [-0.15, -0.1) is 0 Å². The SMILES string of the molecule is CC(C)Cc1cc(C23CNC(CO2)C3)ccc1Cl. The minimum absolute atomic E-state index is 0.0962. The minimum Gasteiger partial charge on any atom is -0.367 e. The van der Waals surface area contributed by atoms with Crippen molar-refractivity contribution in [2.45, 2.75) is 38.3 Å². The maximum Gasteiger partial charge on any atom is 0.107 e. The molecule has 0 aliphatic carbocycles. The Morgan fingerprint density at radius 3 is 2.89 bits per heavy atom. The molecule has 1 aromatic rings. The molecule has 98 valence electrons. The van der Waals surface area contributed by atoms with E-state index in [1.165, 1.54) is 11.1 Å². The highest BCUT2D eigenvalue weighted by molar-refractivity contribution is 6.31. The first-order valence-electron chi connectivity index (χ1n) is 6.75. The van der Waals surface area contributed by atoms with E-state index in [0.717, 1.165) is 31.0 Å². The summed E-state index contributed by atoms with van der Waals surface area (Å²) in [5.74, 6) is 0.620. The van der Waals surface area contributed by atoms with Crippen molar-refractivity contribution in [1.82, 2.24) is 5.32 Å². The zero-order valence-corrected chi connectivity index (χ0v) is 11.8. The molecule has 2 heterocycles. The van der Waals surface area contributed by atoms with Crippen LogP contribution in [0.4, 0.5) is 0 Å². The average molecular weight is 266 g/mol. The maximum absolute atomic E-state index is 6.29. The van der Waals surface area contributed by atoms with E-state index < -0.39 is 0 Å². The zero-order valence-electron chi connectivity index (χ0n) is 11.0. The molecule has 2 unspecified atom stereocenters. The van der Waals surface area contributed by atoms with Gasteiger partial charge in [-0.3, -0.25) is 0 Å². The molecule has 2 nitrogen and oxygen atoms in total. The van der Waals surface area contributed by atoms with Crippen LogP contribution in [0.2, 0.25) is 5.02 Å². The van der Waals surface area contributed by atoms with Crippen molar-refractivity contribution in [3.8, 4) is 0 Å². The van der Waals surface area contributed by atoms with E-state index in [9.17, 15) is 0 Å². The second-order valence-corrected chi connectivity index (χ2v) is 6.40. The van der Waals surface area contributed by atoms with E-state index in [4.69, 9.17) is 16.3 Å². The first kappa shape index (κ1) is 12.5. The largest absolute Gasteiger partial charge is 0.367 e. The van der Waals surface area contributed by atoms with Crippen LogP contribution in [0.5, 0.6) is 0 Å². The Morgan fingerprint density at radius 1 is 1.50 bits per heavy atom. The number of rotatable bonds is 3. The van der Waals surface area contributed by atoms with Crippen LogP contribution in [0, 0.1) is 5.92 Å². The summed E-state index contributed by atoms with van der Waals surface area (Å²) in [7, 11) is 0. The van der Waals surface area contributed by atoms with Crippen molar-refractivity contribution < 1.29 is 4.74 Å². The third-order valence-corrected chi connectivity index (χ3v) is 4.38. The number of ether oxygens (including phenoxy) is 1. The Bertz CT molecular complexity index is 450. The fourth-order valence-corrected chi connectivity index (χ4v) is 3.29. The third kappa shape index (κ3) is 2.07. The van der Waals surface area contributed by atoms with Crippen LogP contribution in [-0.2, 0) is 16.8 Å². The molecular weight excluding hydrogens is 246 g/mol. The molecule has 2 fully saturated rings. The number of hydrogen-bond donors (Lipinski definition) is 1. The standard InChI is InChI=1S/C15H20ClNO/c1-10(2)5-11-6-12(3-4-14(11)16)15-7-13(8-18-15)17-9-15/h3-4,6,10,13,17H,5,7-9H2,1-2H3. The van der Waals surface area contributed by atoms with Crippen molar-refractivity contribution in [3.63, 3.8) is 0 Å². The van der Waals surface area contributed by atoms with Crippen LogP contribution < -0.4 is 5.32 Å². The van der Waals surface area contributed by atoms with Gasteiger partial charge in [0.2, 0.25) is 0 Å². The van der Waals surface area contributed by atoms with Gasteiger partial charge in [-0.2, -0.15) is 0 Å². The molecule has 2 aliphatic rings. The smallest absolute Gasteiger partial charge is 0.107 e. The molecule has 3 heteroatoms. The van der Waals surface area contributed by atoms with Crippen LogP contribution in [0.1, 0.15) is 31.4 Å². The number of halogens is 1. The van der Waals surface area contributed by atoms with Gasteiger partial charge in [0.15, 0.2) is 0 Å². The third-order valence-electron chi connectivity index (χ3n) is 4.01. The van der Waals surface area contributed by atoms with Gasteiger partial charge in [-0.25, -0.2) is 0 Å². The fourth-order valence-electron chi connectivity index (χ4n) is 3.10. The van der Waals surface area contributed by atoms with Gasteiger partial charge in [-0.1, -0.05) is 37.6 Å². The number of nitrogens with one attached hydrogen (secondary N) is 1. The van der Waals surface area contributed by atoms with Gasteiger partial charge >= 0.3 is 0 Å². The van der Waals surface area contributed by atoms with E-state index >= 15 is 0 Å². The first-order chi connectivity index (χ1) is 8.59. The maximum atomic E-state index is 6.29. The molecule has 0 saturated carbocycles. The van der Waals surface area contributed by atoms with Crippen LogP contribution >= 0.6 is 11.6 Å². The van der Waals surface area contributed by atoms with Gasteiger partial charge < -0.3 is 10.1 Å². The van der Waals surface area contributed by atoms with Gasteiger partial charge in [0.1, 0.15) is 5.60 Å². The predicted octanol–water partition coefficient (Wildman–Crippen LogP) is 3.13. The molecule has 2 bridgehead atoms. The van der Waals surface area contributed by atoms with Crippen molar-refractivity contribution in [3.05, 3.63) is 34.3 Å². The number of hydrogen-bond acceptors (Lipinski definition) is 2. The van der Waals surface area contributed by atoms with Crippen molar-refractivity contribution in [2.75, 3.05) is 13.2 Å². The second kappa shape index (κ2) is 4.52. The molecule has 0 radical (unpaired) electrons. The first-order valence-corrected chi connectivity index (χ1v) is 7.13. The average Bonchev–Trinajstić information content (AvgIpc) is 2.92. The van der Waals surface area contributed by atoms with E-state index in [-0.39, 0.29) is 5.60 Å². The minimum atomic E-state index is -0.0962. The Labute approximate surface area is 114 Å². The lowest BCUT2D eigenvalue weighted by Crippen LogP contribution is -2.37. The summed E-state index contributed by atoms with van der Waals surface area (Å²) in [6.45, 7) is 6.21. The van der Waals surface area contributed by atoms with Crippen LogP contribution in [0.25, 0.3) is 0 Å². The van der Waals surface area contributed by atoms with Crippen molar-refractivity contribution in [2.24, 2.45) is 5.92 Å². The van der Waals surface area contributed by atoms with Gasteiger partial charge in [0.05, 0.1) is 6.61 Å². The lowest BCUT2D eigenvalue weighted by molar-refractivity contribution is -0.00963. The van der Waals surface area contributed by atoms with Gasteiger partial charge in [-0.05, 0) is 36.0 Å². The summed E-state index contributed by atoms with van der Waals surface area (Å²) >= 11 is 6.29.